The molecule has 1 saturated heterocycles. The van der Waals surface area contributed by atoms with E-state index < -0.39 is 0 Å². The second kappa shape index (κ2) is 7.41. The summed E-state index contributed by atoms with van der Waals surface area (Å²) in [5, 5.41) is 3.94. The average molecular weight is 362 g/mol. The third kappa shape index (κ3) is 4.19. The molecule has 1 atom stereocenters. The Hall–Kier alpha value is -0.620. The minimum absolute atomic E-state index is 0.117. The number of halogens is 2. The Bertz CT molecular complexity index is 478. The van der Waals surface area contributed by atoms with E-state index in [4.69, 9.17) is 16.3 Å². The summed E-state index contributed by atoms with van der Waals surface area (Å²) in [7, 11) is 0. The fourth-order valence-corrected chi connectivity index (χ4v) is 2.67. The number of rotatable bonds is 4. The van der Waals surface area contributed by atoms with Crippen LogP contribution in [0.1, 0.15) is 12.5 Å². The molecule has 0 radical (unpaired) electrons. The summed E-state index contributed by atoms with van der Waals surface area (Å²) in [5.41, 5.74) is 1.04. The number of amides is 1. The summed E-state index contributed by atoms with van der Waals surface area (Å²) in [6, 6.07) is 5.41. The number of carbonyl (C=O) groups excluding carboxylic acids is 1. The third-order valence-corrected chi connectivity index (χ3v) is 4.31. The number of ether oxygens (including phenoxy) is 1. The van der Waals surface area contributed by atoms with Crippen molar-refractivity contribution in [3.8, 4) is 0 Å². The van der Waals surface area contributed by atoms with Gasteiger partial charge < -0.3 is 15.0 Å². The van der Waals surface area contributed by atoms with Crippen LogP contribution in [-0.2, 0) is 16.1 Å². The number of morpholine rings is 1. The first-order valence-electron chi connectivity index (χ1n) is 6.62. The van der Waals surface area contributed by atoms with Crippen molar-refractivity contribution in [3.05, 3.63) is 33.3 Å². The number of hydrogen-bond acceptors (Lipinski definition) is 3. The average Bonchev–Trinajstić information content (AvgIpc) is 2.48. The Balaban J connectivity index is 1.89. The monoisotopic (exact) mass is 360 g/mol. The normalized spacial score (nSPS) is 17.1. The zero-order valence-corrected chi connectivity index (χ0v) is 13.7. The number of nitrogens with zero attached hydrogens (tertiary/aromatic N) is 1. The molecule has 6 heteroatoms. The fraction of sp³-hybridized carbons (Fsp3) is 0.500. The van der Waals surface area contributed by atoms with Crippen molar-refractivity contribution in [1.29, 1.82) is 0 Å². The topological polar surface area (TPSA) is 41.6 Å². The lowest BCUT2D eigenvalue weighted by Crippen LogP contribution is -2.49. The van der Waals surface area contributed by atoms with Crippen LogP contribution in [0.3, 0.4) is 0 Å². The van der Waals surface area contributed by atoms with Gasteiger partial charge in [0.05, 0.1) is 19.3 Å². The van der Waals surface area contributed by atoms with Crippen LogP contribution >= 0.6 is 27.5 Å². The van der Waals surface area contributed by atoms with Gasteiger partial charge in [-0.25, -0.2) is 0 Å². The number of benzene rings is 1. The van der Waals surface area contributed by atoms with Crippen molar-refractivity contribution >= 4 is 33.4 Å². The predicted octanol–water partition coefficient (Wildman–Crippen LogP) is 2.44. The molecule has 0 saturated carbocycles. The maximum atomic E-state index is 12.2. The van der Waals surface area contributed by atoms with Crippen molar-refractivity contribution in [3.63, 3.8) is 0 Å². The minimum Gasteiger partial charge on any atom is -0.378 e. The van der Waals surface area contributed by atoms with E-state index in [1.54, 1.807) is 0 Å². The van der Waals surface area contributed by atoms with Crippen LogP contribution in [0, 0.1) is 0 Å². The molecule has 1 heterocycles. The van der Waals surface area contributed by atoms with Gasteiger partial charge in [-0.15, -0.1) is 0 Å². The Kier molecular flexibility index (Phi) is 5.84. The smallest absolute Gasteiger partial charge is 0.239 e. The van der Waals surface area contributed by atoms with Gasteiger partial charge >= 0.3 is 0 Å². The van der Waals surface area contributed by atoms with Crippen molar-refractivity contribution < 1.29 is 9.53 Å². The Morgan fingerprint density at radius 3 is 2.90 bits per heavy atom. The van der Waals surface area contributed by atoms with E-state index in [-0.39, 0.29) is 11.9 Å². The SMILES string of the molecule is CC(NCc1cc(Cl)ccc1Br)C(=O)N1CCOCC1. The van der Waals surface area contributed by atoms with Crippen LogP contribution < -0.4 is 5.32 Å². The van der Waals surface area contributed by atoms with Gasteiger partial charge in [-0.2, -0.15) is 0 Å². The second-order valence-corrected chi connectivity index (χ2v) is 6.07. The van der Waals surface area contributed by atoms with Gasteiger partial charge in [0.15, 0.2) is 0 Å². The summed E-state index contributed by atoms with van der Waals surface area (Å²) < 4.78 is 6.24. The zero-order chi connectivity index (χ0) is 14.5. The highest BCUT2D eigenvalue weighted by atomic mass is 79.9. The minimum atomic E-state index is -0.223. The molecule has 20 heavy (non-hydrogen) atoms. The van der Waals surface area contributed by atoms with Gasteiger partial charge in [-0.3, -0.25) is 4.79 Å². The lowest BCUT2D eigenvalue weighted by molar-refractivity contribution is -0.137. The first-order chi connectivity index (χ1) is 9.58. The summed E-state index contributed by atoms with van der Waals surface area (Å²) in [6.45, 7) is 5.07. The maximum absolute atomic E-state index is 12.2. The molecule has 1 aromatic rings. The summed E-state index contributed by atoms with van der Waals surface area (Å²) in [4.78, 5) is 14.1. The molecule has 0 aromatic heterocycles. The van der Waals surface area contributed by atoms with E-state index in [2.05, 4.69) is 21.2 Å². The molecule has 1 unspecified atom stereocenters. The molecular formula is C14H18BrClN2O2. The standard InChI is InChI=1S/C14H18BrClN2O2/c1-10(14(19)18-4-6-20-7-5-18)17-9-11-8-12(16)2-3-13(11)15/h2-3,8,10,17H,4-7,9H2,1H3. The van der Waals surface area contributed by atoms with Crippen molar-refractivity contribution in [2.24, 2.45) is 0 Å². The number of hydrogen-bond donors (Lipinski definition) is 1. The van der Waals surface area contributed by atoms with Gasteiger partial charge in [0.1, 0.15) is 0 Å². The summed E-state index contributed by atoms with van der Waals surface area (Å²) in [5.74, 6) is 0.117. The molecule has 1 fully saturated rings. The van der Waals surface area contributed by atoms with Crippen molar-refractivity contribution in [2.45, 2.75) is 19.5 Å². The molecule has 110 valence electrons. The lowest BCUT2D eigenvalue weighted by atomic mass is 10.2. The van der Waals surface area contributed by atoms with E-state index >= 15 is 0 Å². The Morgan fingerprint density at radius 1 is 1.50 bits per heavy atom. The van der Waals surface area contributed by atoms with Gasteiger partial charge in [0, 0.05) is 29.1 Å². The molecule has 4 nitrogen and oxygen atoms in total. The predicted molar refractivity (Wildman–Crippen MR) is 82.9 cm³/mol. The van der Waals surface area contributed by atoms with Crippen LogP contribution in [0.25, 0.3) is 0 Å². The first-order valence-corrected chi connectivity index (χ1v) is 7.79. The number of carbonyl (C=O) groups is 1. The van der Waals surface area contributed by atoms with Crippen molar-refractivity contribution in [1.82, 2.24) is 10.2 Å². The molecule has 1 aliphatic heterocycles. The molecule has 0 bridgehead atoms. The van der Waals surface area contributed by atoms with E-state index in [0.29, 0.717) is 37.9 Å². The molecule has 1 aliphatic rings. The highest BCUT2D eigenvalue weighted by Gasteiger charge is 2.22. The van der Waals surface area contributed by atoms with E-state index in [9.17, 15) is 4.79 Å². The van der Waals surface area contributed by atoms with Gasteiger partial charge in [0.25, 0.3) is 0 Å². The molecule has 1 amide bonds. The molecule has 2 rings (SSSR count). The first kappa shape index (κ1) is 15.8. The van der Waals surface area contributed by atoms with Gasteiger partial charge in [-0.1, -0.05) is 27.5 Å². The van der Waals surface area contributed by atoms with E-state index in [0.717, 1.165) is 10.0 Å². The van der Waals surface area contributed by atoms with Crippen LogP contribution in [0.4, 0.5) is 0 Å². The van der Waals surface area contributed by atoms with Gasteiger partial charge in [-0.05, 0) is 30.7 Å². The molecule has 0 spiro atoms. The van der Waals surface area contributed by atoms with Crippen LogP contribution in [0.15, 0.2) is 22.7 Å². The van der Waals surface area contributed by atoms with Gasteiger partial charge in [0.2, 0.25) is 5.91 Å². The van der Waals surface area contributed by atoms with E-state index in [1.807, 2.05) is 30.0 Å². The molecule has 0 aliphatic carbocycles. The van der Waals surface area contributed by atoms with Crippen LogP contribution in [0.5, 0.6) is 0 Å². The molecule has 1 aromatic carbocycles. The highest BCUT2D eigenvalue weighted by molar-refractivity contribution is 9.10. The summed E-state index contributed by atoms with van der Waals surface area (Å²) in [6.07, 6.45) is 0. The van der Waals surface area contributed by atoms with Crippen molar-refractivity contribution in [2.75, 3.05) is 26.3 Å². The quantitative estimate of drug-likeness (QED) is 0.895. The fourth-order valence-electron chi connectivity index (χ4n) is 2.09. The molecular weight excluding hydrogens is 344 g/mol. The Morgan fingerprint density at radius 2 is 2.20 bits per heavy atom. The summed E-state index contributed by atoms with van der Waals surface area (Å²) >= 11 is 9.46. The molecule has 1 N–H and O–H groups in total. The highest BCUT2D eigenvalue weighted by Crippen LogP contribution is 2.21. The third-order valence-electron chi connectivity index (χ3n) is 3.30. The van der Waals surface area contributed by atoms with Crippen LogP contribution in [-0.4, -0.2) is 43.2 Å². The van der Waals surface area contributed by atoms with E-state index in [1.165, 1.54) is 0 Å². The van der Waals surface area contributed by atoms with Crippen LogP contribution in [0.2, 0.25) is 5.02 Å². The number of nitrogens with one attached hydrogen (secondary N) is 1. The second-order valence-electron chi connectivity index (χ2n) is 4.78. The lowest BCUT2D eigenvalue weighted by Gasteiger charge is -2.29. The maximum Gasteiger partial charge on any atom is 0.239 e. The zero-order valence-electron chi connectivity index (χ0n) is 11.4. The Labute approximate surface area is 132 Å². The largest absolute Gasteiger partial charge is 0.378 e.